The summed E-state index contributed by atoms with van der Waals surface area (Å²) in [7, 11) is 3.09. The van der Waals surface area contributed by atoms with E-state index in [2.05, 4.69) is 15.6 Å². The Morgan fingerprint density at radius 3 is 2.48 bits per heavy atom. The van der Waals surface area contributed by atoms with Gasteiger partial charge in [0.2, 0.25) is 0 Å². The molecule has 4 rings (SSSR count). The molecular weight excluding hydrogens is 439 g/mol. The van der Waals surface area contributed by atoms with Gasteiger partial charge in [-0.1, -0.05) is 23.2 Å². The molecule has 1 aliphatic rings. The molecule has 0 bridgehead atoms. The van der Waals surface area contributed by atoms with Gasteiger partial charge in [-0.05, 0) is 25.5 Å². The van der Waals surface area contributed by atoms with Crippen molar-refractivity contribution in [3.63, 3.8) is 0 Å². The number of rotatable bonds is 7. The fraction of sp³-hybridized carbons (Fsp3) is 0.364. The summed E-state index contributed by atoms with van der Waals surface area (Å²) in [5.41, 5.74) is 1.15. The number of hydrogen-bond acceptors (Lipinski definition) is 7. The molecule has 1 aliphatic heterocycles. The lowest BCUT2D eigenvalue weighted by Gasteiger charge is -2.17. The van der Waals surface area contributed by atoms with Crippen LogP contribution in [0.4, 0.5) is 11.6 Å². The van der Waals surface area contributed by atoms with Crippen molar-refractivity contribution in [3.05, 3.63) is 34.4 Å². The van der Waals surface area contributed by atoms with Crippen LogP contribution in [0, 0.1) is 0 Å². The van der Waals surface area contributed by atoms with Crippen LogP contribution in [-0.2, 0) is 4.74 Å². The summed E-state index contributed by atoms with van der Waals surface area (Å²) in [5.74, 6) is 2.43. The number of hydrogen-bond donors (Lipinski definition) is 2. The number of nitrogens with one attached hydrogen (secondary N) is 2. The molecule has 2 N–H and O–H groups in total. The number of fused-ring (bicyclic) bond motifs is 1. The molecule has 1 unspecified atom stereocenters. The molecule has 1 saturated heterocycles. The number of pyridine rings is 2. The SMILES string of the molecule is CCNc1nc(-c2c(Cl)c(OC)cc(OC)c2Cl)cc2cnc(NC3CCOC3)cc12. The third-order valence-corrected chi connectivity index (χ3v) is 5.92. The molecule has 1 aromatic carbocycles. The van der Waals surface area contributed by atoms with Gasteiger partial charge in [0.25, 0.3) is 0 Å². The molecule has 7 nitrogen and oxygen atoms in total. The van der Waals surface area contributed by atoms with Gasteiger partial charge in [0.05, 0.1) is 42.6 Å². The first kappa shape index (κ1) is 21.7. The highest BCUT2D eigenvalue weighted by atomic mass is 35.5. The number of ether oxygens (including phenoxy) is 3. The number of methoxy groups -OCH3 is 2. The highest BCUT2D eigenvalue weighted by Crippen LogP contribution is 2.46. The monoisotopic (exact) mass is 462 g/mol. The van der Waals surface area contributed by atoms with E-state index in [0.29, 0.717) is 46.0 Å². The topological polar surface area (TPSA) is 77.5 Å². The van der Waals surface area contributed by atoms with Crippen LogP contribution in [0.3, 0.4) is 0 Å². The van der Waals surface area contributed by atoms with Crippen LogP contribution < -0.4 is 20.1 Å². The lowest BCUT2D eigenvalue weighted by molar-refractivity contribution is 0.195. The van der Waals surface area contributed by atoms with Crippen LogP contribution in [0.5, 0.6) is 11.5 Å². The Morgan fingerprint density at radius 1 is 1.13 bits per heavy atom. The largest absolute Gasteiger partial charge is 0.495 e. The zero-order chi connectivity index (χ0) is 22.0. The zero-order valence-corrected chi connectivity index (χ0v) is 19.1. The number of halogens is 2. The van der Waals surface area contributed by atoms with Gasteiger partial charge in [0.15, 0.2) is 0 Å². The van der Waals surface area contributed by atoms with E-state index < -0.39 is 0 Å². The van der Waals surface area contributed by atoms with E-state index in [-0.39, 0.29) is 6.04 Å². The van der Waals surface area contributed by atoms with Crippen LogP contribution in [0.15, 0.2) is 24.4 Å². The predicted octanol–water partition coefficient (Wildman–Crippen LogP) is 5.25. The second kappa shape index (κ2) is 9.34. The Kier molecular flexibility index (Phi) is 6.55. The molecule has 3 heterocycles. The molecule has 2 aromatic heterocycles. The molecule has 0 aliphatic carbocycles. The Balaban J connectivity index is 1.85. The number of anilines is 2. The second-order valence-corrected chi connectivity index (χ2v) is 7.92. The van der Waals surface area contributed by atoms with Crippen molar-refractivity contribution in [2.45, 2.75) is 19.4 Å². The Morgan fingerprint density at radius 2 is 1.87 bits per heavy atom. The smallest absolute Gasteiger partial charge is 0.141 e. The molecule has 3 aromatic rings. The van der Waals surface area contributed by atoms with Crippen molar-refractivity contribution < 1.29 is 14.2 Å². The number of aromatic nitrogens is 2. The molecule has 0 amide bonds. The van der Waals surface area contributed by atoms with E-state index in [1.807, 2.05) is 25.3 Å². The van der Waals surface area contributed by atoms with Crippen molar-refractivity contribution in [3.8, 4) is 22.8 Å². The zero-order valence-electron chi connectivity index (χ0n) is 17.6. The van der Waals surface area contributed by atoms with Crippen LogP contribution in [0.2, 0.25) is 10.0 Å². The fourth-order valence-corrected chi connectivity index (χ4v) is 4.32. The minimum Gasteiger partial charge on any atom is -0.495 e. The maximum absolute atomic E-state index is 6.62. The third kappa shape index (κ3) is 4.31. The quantitative estimate of drug-likeness (QED) is 0.495. The number of nitrogens with zero attached hydrogens (tertiary/aromatic N) is 2. The summed E-state index contributed by atoms with van der Waals surface area (Å²) in [6, 6.07) is 5.84. The first-order valence-electron chi connectivity index (χ1n) is 10.0. The van der Waals surface area contributed by atoms with Gasteiger partial charge in [-0.2, -0.15) is 0 Å². The van der Waals surface area contributed by atoms with Gasteiger partial charge in [-0.25, -0.2) is 9.97 Å². The van der Waals surface area contributed by atoms with Crippen molar-refractivity contribution >= 4 is 45.6 Å². The molecule has 0 radical (unpaired) electrons. The first-order chi connectivity index (χ1) is 15.0. The second-order valence-electron chi connectivity index (χ2n) is 7.17. The Hall–Kier alpha value is -2.48. The average molecular weight is 463 g/mol. The summed E-state index contributed by atoms with van der Waals surface area (Å²) in [5, 5.41) is 9.36. The van der Waals surface area contributed by atoms with Crippen LogP contribution in [0.25, 0.3) is 22.0 Å². The molecule has 164 valence electrons. The van der Waals surface area contributed by atoms with Gasteiger partial charge in [0.1, 0.15) is 23.1 Å². The van der Waals surface area contributed by atoms with Crippen molar-refractivity contribution in [1.82, 2.24) is 9.97 Å². The standard InChI is InChI=1S/C22H24Cl2N4O3/c1-4-25-22-14-8-18(27-13-5-6-31-11-13)26-10-12(14)7-15(28-22)19-20(23)16(29-2)9-17(30-3)21(19)24/h7-10,13H,4-6,11H2,1-3H3,(H,25,28)(H,26,27). The maximum Gasteiger partial charge on any atom is 0.141 e. The van der Waals surface area contributed by atoms with Gasteiger partial charge < -0.3 is 24.8 Å². The highest BCUT2D eigenvalue weighted by molar-refractivity contribution is 6.41. The Bertz CT molecular complexity index is 1080. The predicted molar refractivity (Wildman–Crippen MR) is 125 cm³/mol. The molecule has 0 spiro atoms. The number of benzene rings is 1. The minimum absolute atomic E-state index is 0.265. The molecule has 1 atom stereocenters. The first-order valence-corrected chi connectivity index (χ1v) is 10.8. The molecule has 1 fully saturated rings. The van der Waals surface area contributed by atoms with Gasteiger partial charge in [-0.3, -0.25) is 0 Å². The van der Waals surface area contributed by atoms with E-state index in [1.54, 1.807) is 20.3 Å². The fourth-order valence-electron chi connectivity index (χ4n) is 3.62. The maximum atomic E-state index is 6.62. The lowest BCUT2D eigenvalue weighted by Crippen LogP contribution is -2.19. The van der Waals surface area contributed by atoms with Crippen molar-refractivity contribution in [1.29, 1.82) is 0 Å². The van der Waals surface area contributed by atoms with Crippen molar-refractivity contribution in [2.75, 3.05) is 44.6 Å². The third-order valence-electron chi connectivity index (χ3n) is 5.17. The summed E-state index contributed by atoms with van der Waals surface area (Å²) in [6.45, 7) is 4.18. The van der Waals surface area contributed by atoms with Gasteiger partial charge >= 0.3 is 0 Å². The van der Waals surface area contributed by atoms with Crippen LogP contribution >= 0.6 is 23.2 Å². The van der Waals surface area contributed by atoms with Crippen molar-refractivity contribution in [2.24, 2.45) is 0 Å². The summed E-state index contributed by atoms with van der Waals surface area (Å²) in [4.78, 5) is 9.42. The van der Waals surface area contributed by atoms with Gasteiger partial charge in [0, 0.05) is 41.8 Å². The van der Waals surface area contributed by atoms with Crippen LogP contribution in [0.1, 0.15) is 13.3 Å². The highest BCUT2D eigenvalue weighted by Gasteiger charge is 2.21. The van der Waals surface area contributed by atoms with E-state index in [0.717, 1.165) is 35.4 Å². The molecule has 31 heavy (non-hydrogen) atoms. The normalized spacial score (nSPS) is 15.8. The summed E-state index contributed by atoms with van der Waals surface area (Å²) < 4.78 is 16.3. The van der Waals surface area contributed by atoms with E-state index >= 15 is 0 Å². The molecular formula is C22H24Cl2N4O3. The van der Waals surface area contributed by atoms with Gasteiger partial charge in [-0.15, -0.1) is 0 Å². The van der Waals surface area contributed by atoms with E-state index in [4.69, 9.17) is 42.4 Å². The van der Waals surface area contributed by atoms with E-state index in [9.17, 15) is 0 Å². The summed E-state index contributed by atoms with van der Waals surface area (Å²) >= 11 is 13.2. The molecule has 9 heteroatoms. The molecule has 0 saturated carbocycles. The van der Waals surface area contributed by atoms with Crippen LogP contribution in [-0.4, -0.2) is 50.0 Å². The summed E-state index contributed by atoms with van der Waals surface area (Å²) in [6.07, 6.45) is 2.78. The average Bonchev–Trinajstić information content (AvgIpc) is 3.28. The lowest BCUT2D eigenvalue weighted by atomic mass is 10.1. The van der Waals surface area contributed by atoms with E-state index in [1.165, 1.54) is 0 Å². The Labute approximate surface area is 191 Å². The minimum atomic E-state index is 0.265.